The lowest BCUT2D eigenvalue weighted by Gasteiger charge is -2.29. The molecule has 0 aliphatic rings. The van der Waals surface area contributed by atoms with Gasteiger partial charge in [-0.1, -0.05) is 146 Å². The third-order valence-corrected chi connectivity index (χ3v) is 10.2. The van der Waals surface area contributed by atoms with E-state index in [0.717, 1.165) is 55.7 Å². The predicted molar refractivity (Wildman–Crippen MR) is 220 cm³/mol. The van der Waals surface area contributed by atoms with Crippen LogP contribution in [0.2, 0.25) is 0 Å². The van der Waals surface area contributed by atoms with Gasteiger partial charge in [0.05, 0.1) is 5.69 Å². The molecule has 52 heavy (non-hydrogen) atoms. The minimum atomic E-state index is 0.864. The van der Waals surface area contributed by atoms with Crippen LogP contribution in [0.3, 0.4) is 0 Å². The molecule has 0 aliphatic carbocycles. The number of fused-ring (bicyclic) bond motifs is 5. The number of anilines is 3. The monoisotopic (exact) mass is 663 g/mol. The van der Waals surface area contributed by atoms with E-state index in [0.29, 0.717) is 0 Å². The predicted octanol–water partition coefficient (Wildman–Crippen LogP) is 14.4. The number of hydrogen-bond donors (Lipinski definition) is 0. The molecule has 1 aromatic heterocycles. The molecule has 0 bridgehead atoms. The van der Waals surface area contributed by atoms with Crippen LogP contribution < -0.4 is 4.90 Å². The van der Waals surface area contributed by atoms with Crippen molar-refractivity contribution in [3.63, 3.8) is 0 Å². The van der Waals surface area contributed by atoms with Crippen molar-refractivity contribution in [2.45, 2.75) is 0 Å². The lowest BCUT2D eigenvalue weighted by Crippen LogP contribution is -2.11. The molecule has 0 aliphatic heterocycles. The summed E-state index contributed by atoms with van der Waals surface area (Å²) in [4.78, 5) is 2.38. The van der Waals surface area contributed by atoms with E-state index in [4.69, 9.17) is 4.42 Å². The van der Waals surface area contributed by atoms with Gasteiger partial charge in [-0.3, -0.25) is 0 Å². The SMILES string of the molecule is c1ccc(-c2ccc(-c3ccc4ccccc4c3)cc2N(c2ccc(-c3ccc4ccccc4c3)cc2)c2ccc3c(c2)oc2ccccc23)cc1. The highest BCUT2D eigenvalue weighted by Crippen LogP contribution is 2.45. The average Bonchev–Trinajstić information content (AvgIpc) is 3.59. The summed E-state index contributed by atoms with van der Waals surface area (Å²) in [5.41, 5.74) is 11.9. The van der Waals surface area contributed by atoms with Gasteiger partial charge in [0.25, 0.3) is 0 Å². The van der Waals surface area contributed by atoms with Crippen molar-refractivity contribution in [3.8, 4) is 33.4 Å². The minimum absolute atomic E-state index is 0.864. The van der Waals surface area contributed by atoms with E-state index in [1.165, 1.54) is 38.2 Å². The summed E-state index contributed by atoms with van der Waals surface area (Å²) in [7, 11) is 0. The van der Waals surface area contributed by atoms with Crippen LogP contribution in [0.5, 0.6) is 0 Å². The fourth-order valence-corrected chi connectivity index (χ4v) is 7.58. The summed E-state index contributed by atoms with van der Waals surface area (Å²) in [6.45, 7) is 0. The van der Waals surface area contributed by atoms with E-state index in [-0.39, 0.29) is 0 Å². The molecule has 0 saturated carbocycles. The number of nitrogens with zero attached hydrogens (tertiary/aromatic N) is 1. The maximum absolute atomic E-state index is 6.45. The summed E-state index contributed by atoms with van der Waals surface area (Å²) in [6.07, 6.45) is 0. The van der Waals surface area contributed by atoms with Crippen LogP contribution in [0.1, 0.15) is 0 Å². The highest BCUT2D eigenvalue weighted by molar-refractivity contribution is 6.06. The normalized spacial score (nSPS) is 11.5. The Balaban J connectivity index is 1.18. The van der Waals surface area contributed by atoms with Gasteiger partial charge in [-0.05, 0) is 97.9 Å². The largest absolute Gasteiger partial charge is 0.456 e. The van der Waals surface area contributed by atoms with Crippen molar-refractivity contribution in [1.29, 1.82) is 0 Å². The third kappa shape index (κ3) is 5.30. The van der Waals surface area contributed by atoms with E-state index < -0.39 is 0 Å². The Morgan fingerprint density at radius 3 is 1.58 bits per heavy atom. The Labute approximate surface area is 302 Å². The van der Waals surface area contributed by atoms with E-state index >= 15 is 0 Å². The van der Waals surface area contributed by atoms with Gasteiger partial charge < -0.3 is 9.32 Å². The van der Waals surface area contributed by atoms with Gasteiger partial charge in [0, 0.05) is 33.8 Å². The zero-order chi connectivity index (χ0) is 34.4. The highest BCUT2D eigenvalue weighted by atomic mass is 16.3. The van der Waals surface area contributed by atoms with E-state index in [2.05, 4.69) is 193 Å². The molecule has 1 heterocycles. The molecule has 10 rings (SSSR count). The molecule has 0 N–H and O–H groups in total. The molecule has 2 nitrogen and oxygen atoms in total. The standard InChI is InChI=1S/C50H33NO/c1-2-12-37(13-3-1)45-28-24-42(41-21-19-35-11-5-7-15-39(35)31-41)32-48(45)51(44-27-29-47-46-16-8-9-17-49(46)52-50(47)33-44)43-25-22-36(23-26-43)40-20-18-34-10-4-6-14-38(34)30-40/h1-33H. The number of furan rings is 1. The molecule has 0 spiro atoms. The zero-order valence-corrected chi connectivity index (χ0v) is 28.4. The second-order valence-electron chi connectivity index (χ2n) is 13.4. The Hall–Kier alpha value is -6.90. The number of rotatable bonds is 6. The summed E-state index contributed by atoms with van der Waals surface area (Å²) >= 11 is 0. The van der Waals surface area contributed by atoms with E-state index in [9.17, 15) is 0 Å². The fraction of sp³-hybridized carbons (Fsp3) is 0. The highest BCUT2D eigenvalue weighted by Gasteiger charge is 2.20. The number of para-hydroxylation sites is 1. The van der Waals surface area contributed by atoms with Gasteiger partial charge >= 0.3 is 0 Å². The minimum Gasteiger partial charge on any atom is -0.456 e. The smallest absolute Gasteiger partial charge is 0.137 e. The van der Waals surface area contributed by atoms with Gasteiger partial charge in [0.1, 0.15) is 11.2 Å². The summed E-state index contributed by atoms with van der Waals surface area (Å²) in [5, 5.41) is 7.18. The van der Waals surface area contributed by atoms with Crippen molar-refractivity contribution in [3.05, 3.63) is 200 Å². The second kappa shape index (κ2) is 12.5. The number of hydrogen-bond acceptors (Lipinski definition) is 2. The van der Waals surface area contributed by atoms with Gasteiger partial charge in [-0.25, -0.2) is 0 Å². The van der Waals surface area contributed by atoms with Crippen LogP contribution in [-0.2, 0) is 0 Å². The maximum Gasteiger partial charge on any atom is 0.137 e. The van der Waals surface area contributed by atoms with Crippen LogP contribution in [-0.4, -0.2) is 0 Å². The number of benzene rings is 9. The van der Waals surface area contributed by atoms with Crippen LogP contribution in [0.15, 0.2) is 205 Å². The van der Waals surface area contributed by atoms with Crippen LogP contribution >= 0.6 is 0 Å². The molecule has 0 saturated heterocycles. The van der Waals surface area contributed by atoms with Gasteiger partial charge in [-0.15, -0.1) is 0 Å². The molecular formula is C50H33NO. The first-order valence-corrected chi connectivity index (χ1v) is 17.7. The average molecular weight is 664 g/mol. The van der Waals surface area contributed by atoms with Crippen LogP contribution in [0.25, 0.3) is 76.9 Å². The third-order valence-electron chi connectivity index (χ3n) is 10.2. The van der Waals surface area contributed by atoms with Crippen molar-refractivity contribution in [2.24, 2.45) is 0 Å². The topological polar surface area (TPSA) is 16.4 Å². The molecule has 9 aromatic carbocycles. The van der Waals surface area contributed by atoms with Crippen molar-refractivity contribution >= 4 is 60.5 Å². The quantitative estimate of drug-likeness (QED) is 0.176. The zero-order valence-electron chi connectivity index (χ0n) is 28.4. The lowest BCUT2D eigenvalue weighted by molar-refractivity contribution is 0.669. The first-order chi connectivity index (χ1) is 25.7. The van der Waals surface area contributed by atoms with E-state index in [1.54, 1.807) is 0 Å². The van der Waals surface area contributed by atoms with Crippen molar-refractivity contribution < 1.29 is 4.42 Å². The van der Waals surface area contributed by atoms with Gasteiger partial charge in [0.15, 0.2) is 0 Å². The summed E-state index contributed by atoms with van der Waals surface area (Å²) < 4.78 is 6.45. The molecule has 0 atom stereocenters. The molecule has 2 heteroatoms. The maximum atomic E-state index is 6.45. The summed E-state index contributed by atoms with van der Waals surface area (Å²) in [6, 6.07) is 71.9. The van der Waals surface area contributed by atoms with E-state index in [1.807, 2.05) is 12.1 Å². The fourth-order valence-electron chi connectivity index (χ4n) is 7.58. The summed E-state index contributed by atoms with van der Waals surface area (Å²) in [5.74, 6) is 0. The molecule has 0 unspecified atom stereocenters. The van der Waals surface area contributed by atoms with Crippen LogP contribution in [0, 0.1) is 0 Å². The lowest BCUT2D eigenvalue weighted by atomic mass is 9.95. The first-order valence-electron chi connectivity index (χ1n) is 17.7. The Bertz CT molecular complexity index is 2900. The Morgan fingerprint density at radius 2 is 0.846 bits per heavy atom. The van der Waals surface area contributed by atoms with Gasteiger partial charge in [0.2, 0.25) is 0 Å². The molecule has 244 valence electrons. The molecule has 0 fully saturated rings. The van der Waals surface area contributed by atoms with Gasteiger partial charge in [-0.2, -0.15) is 0 Å². The van der Waals surface area contributed by atoms with Crippen molar-refractivity contribution in [1.82, 2.24) is 0 Å². The Kier molecular flexibility index (Phi) is 7.18. The second-order valence-corrected chi connectivity index (χ2v) is 13.4. The molecule has 0 amide bonds. The first kappa shape index (κ1) is 30.0. The molecule has 0 radical (unpaired) electrons. The Morgan fingerprint density at radius 1 is 0.308 bits per heavy atom. The van der Waals surface area contributed by atoms with Crippen molar-refractivity contribution in [2.75, 3.05) is 4.90 Å². The molecule has 10 aromatic rings. The van der Waals surface area contributed by atoms with Crippen LogP contribution in [0.4, 0.5) is 17.1 Å². The molecular weight excluding hydrogens is 631 g/mol.